The molecule has 0 bridgehead atoms. The average molecular weight is 530 g/mol. The number of aryl methyl sites for hydroxylation is 4. The maximum Gasteiger partial charge on any atom is 0.335 e. The fourth-order valence-electron chi connectivity index (χ4n) is 5.49. The zero-order chi connectivity index (χ0) is 27.8. The summed E-state index contributed by atoms with van der Waals surface area (Å²) in [4.78, 5) is 14.6. The van der Waals surface area contributed by atoms with E-state index in [0.29, 0.717) is 26.2 Å². The van der Waals surface area contributed by atoms with Gasteiger partial charge in [0.1, 0.15) is 12.4 Å². The molecular formula is C34H43NO4. The molecule has 0 saturated carbocycles. The van der Waals surface area contributed by atoms with Crippen LogP contribution >= 0.6 is 0 Å². The molecule has 0 aliphatic heterocycles. The number of benzene rings is 3. The Morgan fingerprint density at radius 1 is 0.897 bits per heavy atom. The summed E-state index contributed by atoms with van der Waals surface area (Å²) >= 11 is 0. The number of ether oxygens (including phenoxy) is 3. The molecule has 0 heterocycles. The summed E-state index contributed by atoms with van der Waals surface area (Å²) in [7, 11) is 2.20. The van der Waals surface area contributed by atoms with Crippen LogP contribution in [0.5, 0.6) is 5.75 Å². The summed E-state index contributed by atoms with van der Waals surface area (Å²) in [6.45, 7) is 10.3. The monoisotopic (exact) mass is 529 g/mol. The molecule has 0 spiro atoms. The van der Waals surface area contributed by atoms with Crippen LogP contribution in [0.3, 0.4) is 0 Å². The predicted molar refractivity (Wildman–Crippen MR) is 157 cm³/mol. The highest BCUT2D eigenvalue weighted by molar-refractivity contribution is 5.75. The van der Waals surface area contributed by atoms with Gasteiger partial charge in [-0.25, -0.2) is 4.79 Å². The van der Waals surface area contributed by atoms with Crippen LogP contribution in [0, 0.1) is 6.92 Å². The largest absolute Gasteiger partial charge is 0.492 e. The highest BCUT2D eigenvalue weighted by Gasteiger charge is 2.27. The van der Waals surface area contributed by atoms with Crippen LogP contribution in [-0.2, 0) is 40.0 Å². The number of nitrogens with zero attached hydrogens (tertiary/aromatic N) is 1. The molecule has 0 radical (unpaired) electrons. The van der Waals surface area contributed by atoms with Gasteiger partial charge in [-0.3, -0.25) is 4.90 Å². The quantitative estimate of drug-likeness (QED) is 0.259. The van der Waals surface area contributed by atoms with E-state index < -0.39 is 6.10 Å². The van der Waals surface area contributed by atoms with Gasteiger partial charge in [-0.05, 0) is 92.6 Å². The minimum atomic E-state index is -0.585. The van der Waals surface area contributed by atoms with E-state index in [9.17, 15) is 4.79 Å². The SMILES string of the molecule is CCOC(=O)C(Cc1ccc(OCCN(C)C2c3ccc(CC)cc3CCc3ccc(C)cc32)cc1)OCC. The van der Waals surface area contributed by atoms with Crippen LogP contribution in [0.15, 0.2) is 60.7 Å². The molecule has 0 amide bonds. The summed E-state index contributed by atoms with van der Waals surface area (Å²) in [5.41, 5.74) is 9.44. The normalized spacial score (nSPS) is 15.3. The Labute approximate surface area is 234 Å². The lowest BCUT2D eigenvalue weighted by molar-refractivity contribution is -0.156. The summed E-state index contributed by atoms with van der Waals surface area (Å²) in [6.07, 6.45) is 3.10. The lowest BCUT2D eigenvalue weighted by Crippen LogP contribution is -2.30. The second-order valence-corrected chi connectivity index (χ2v) is 10.4. The Hall–Kier alpha value is -3.15. The molecule has 4 rings (SSSR count). The van der Waals surface area contributed by atoms with Gasteiger partial charge in [-0.2, -0.15) is 0 Å². The Bertz CT molecular complexity index is 1240. The third-order valence-corrected chi connectivity index (χ3v) is 7.59. The summed E-state index contributed by atoms with van der Waals surface area (Å²) < 4.78 is 16.9. The number of rotatable bonds is 12. The minimum absolute atomic E-state index is 0.202. The number of carbonyl (C=O) groups excluding carboxylic acids is 1. The van der Waals surface area contributed by atoms with E-state index in [1.165, 1.54) is 33.4 Å². The summed E-state index contributed by atoms with van der Waals surface area (Å²) in [6, 6.07) is 22.1. The first-order valence-electron chi connectivity index (χ1n) is 14.3. The van der Waals surface area contributed by atoms with Crippen LogP contribution in [-0.4, -0.2) is 50.4 Å². The molecular weight excluding hydrogens is 486 g/mol. The highest BCUT2D eigenvalue weighted by atomic mass is 16.6. The van der Waals surface area contributed by atoms with Crippen molar-refractivity contribution in [1.82, 2.24) is 4.90 Å². The molecule has 0 aromatic heterocycles. The van der Waals surface area contributed by atoms with E-state index in [0.717, 1.165) is 37.1 Å². The Balaban J connectivity index is 1.43. The molecule has 1 aliphatic carbocycles. The lowest BCUT2D eigenvalue weighted by atomic mass is 9.91. The zero-order valence-corrected chi connectivity index (χ0v) is 24.2. The molecule has 0 N–H and O–H groups in total. The van der Waals surface area contributed by atoms with Crippen molar-refractivity contribution in [2.75, 3.05) is 33.4 Å². The van der Waals surface area contributed by atoms with Gasteiger partial charge >= 0.3 is 5.97 Å². The first kappa shape index (κ1) is 28.8. The second-order valence-electron chi connectivity index (χ2n) is 10.4. The first-order valence-corrected chi connectivity index (χ1v) is 14.3. The van der Waals surface area contributed by atoms with Crippen LogP contribution in [0.1, 0.15) is 65.8 Å². The fraction of sp³-hybridized carbons (Fsp3) is 0.441. The molecule has 0 saturated heterocycles. The maximum absolute atomic E-state index is 12.2. The molecule has 208 valence electrons. The third kappa shape index (κ3) is 7.28. The fourth-order valence-corrected chi connectivity index (χ4v) is 5.49. The van der Waals surface area contributed by atoms with E-state index in [2.05, 4.69) is 62.2 Å². The van der Waals surface area contributed by atoms with Crippen molar-refractivity contribution in [3.63, 3.8) is 0 Å². The van der Waals surface area contributed by atoms with E-state index >= 15 is 0 Å². The van der Waals surface area contributed by atoms with Crippen LogP contribution in [0.2, 0.25) is 0 Å². The number of esters is 1. The smallest absolute Gasteiger partial charge is 0.335 e. The van der Waals surface area contributed by atoms with Gasteiger partial charge in [0, 0.05) is 19.6 Å². The average Bonchev–Trinajstić information content (AvgIpc) is 3.09. The van der Waals surface area contributed by atoms with Gasteiger partial charge in [-0.15, -0.1) is 0 Å². The number of hydrogen-bond donors (Lipinski definition) is 0. The molecule has 3 aromatic rings. The van der Waals surface area contributed by atoms with Gasteiger partial charge < -0.3 is 14.2 Å². The second kappa shape index (κ2) is 13.8. The topological polar surface area (TPSA) is 48.0 Å². The number of carbonyl (C=O) groups is 1. The Morgan fingerprint density at radius 2 is 1.64 bits per heavy atom. The van der Waals surface area contributed by atoms with Crippen molar-refractivity contribution >= 4 is 5.97 Å². The van der Waals surface area contributed by atoms with Gasteiger partial charge in [0.05, 0.1) is 12.6 Å². The highest BCUT2D eigenvalue weighted by Crippen LogP contribution is 2.37. The third-order valence-electron chi connectivity index (χ3n) is 7.59. The number of fused-ring (bicyclic) bond motifs is 2. The van der Waals surface area contributed by atoms with E-state index in [-0.39, 0.29) is 12.0 Å². The number of hydrogen-bond acceptors (Lipinski definition) is 5. The van der Waals surface area contributed by atoms with E-state index in [4.69, 9.17) is 14.2 Å². The van der Waals surface area contributed by atoms with Gasteiger partial charge in [-0.1, -0.05) is 61.0 Å². The van der Waals surface area contributed by atoms with E-state index in [1.807, 2.05) is 31.2 Å². The van der Waals surface area contributed by atoms with Gasteiger partial charge in [0.15, 0.2) is 6.10 Å². The predicted octanol–water partition coefficient (Wildman–Crippen LogP) is 6.27. The van der Waals surface area contributed by atoms with Crippen molar-refractivity contribution in [3.05, 3.63) is 99.6 Å². The summed E-state index contributed by atoms with van der Waals surface area (Å²) in [5.74, 6) is 0.506. The molecule has 2 unspecified atom stereocenters. The van der Waals surface area contributed by atoms with Crippen molar-refractivity contribution < 1.29 is 19.0 Å². The first-order chi connectivity index (χ1) is 18.9. The molecule has 0 fully saturated rings. The van der Waals surface area contributed by atoms with Crippen molar-refractivity contribution in [1.29, 1.82) is 0 Å². The molecule has 3 aromatic carbocycles. The molecule has 5 heteroatoms. The standard InChI is InChI=1S/C34H43NO4/c1-6-25-12-18-30-28(22-25)15-14-27-13-9-24(4)21-31(27)33(30)35(5)19-20-39-29-16-10-26(11-17-29)23-32(37-7-2)34(36)38-8-3/h9-13,16-18,21-22,32-33H,6-8,14-15,19-20,23H2,1-5H3. The zero-order valence-electron chi connectivity index (χ0n) is 24.2. The van der Waals surface area contributed by atoms with E-state index in [1.54, 1.807) is 6.92 Å². The maximum atomic E-state index is 12.2. The van der Waals surface area contributed by atoms with Crippen molar-refractivity contribution in [2.24, 2.45) is 0 Å². The molecule has 2 atom stereocenters. The Kier molecular flexibility index (Phi) is 10.2. The lowest BCUT2D eigenvalue weighted by Gasteiger charge is -2.31. The van der Waals surface area contributed by atoms with Crippen LogP contribution in [0.25, 0.3) is 0 Å². The summed E-state index contributed by atoms with van der Waals surface area (Å²) in [5, 5.41) is 0. The van der Waals surface area contributed by atoms with Gasteiger partial charge in [0.2, 0.25) is 0 Å². The molecule has 5 nitrogen and oxygen atoms in total. The minimum Gasteiger partial charge on any atom is -0.492 e. The molecule has 1 aliphatic rings. The van der Waals surface area contributed by atoms with Gasteiger partial charge in [0.25, 0.3) is 0 Å². The van der Waals surface area contributed by atoms with Crippen LogP contribution in [0.4, 0.5) is 0 Å². The van der Waals surface area contributed by atoms with Crippen molar-refractivity contribution in [3.8, 4) is 5.75 Å². The number of likely N-dealkylation sites (N-methyl/N-ethyl adjacent to an activating group) is 1. The molecule has 39 heavy (non-hydrogen) atoms. The van der Waals surface area contributed by atoms with Crippen LogP contribution < -0.4 is 4.74 Å². The van der Waals surface area contributed by atoms with Crippen molar-refractivity contribution in [2.45, 2.75) is 65.5 Å². The Morgan fingerprint density at radius 3 is 2.36 bits per heavy atom.